The Labute approximate surface area is 99.8 Å². The quantitative estimate of drug-likeness (QED) is 0.844. The number of hydrogen-bond donors (Lipinski definition) is 1. The SMILES string of the molecule is Cc1cc2c(O[C@H]3CCCNC3)nccn2n1. The second-order valence-corrected chi connectivity index (χ2v) is 4.43. The van der Waals surface area contributed by atoms with Crippen molar-refractivity contribution in [3.8, 4) is 5.88 Å². The Kier molecular flexibility index (Phi) is 2.68. The molecule has 0 amide bonds. The van der Waals surface area contributed by atoms with Gasteiger partial charge in [0.15, 0.2) is 0 Å². The van der Waals surface area contributed by atoms with Gasteiger partial charge in [0.1, 0.15) is 11.6 Å². The van der Waals surface area contributed by atoms with Crippen LogP contribution in [0.5, 0.6) is 5.88 Å². The van der Waals surface area contributed by atoms with Crippen LogP contribution < -0.4 is 10.1 Å². The highest BCUT2D eigenvalue weighted by molar-refractivity contribution is 5.56. The summed E-state index contributed by atoms with van der Waals surface area (Å²) in [5.74, 6) is 0.682. The van der Waals surface area contributed by atoms with Gasteiger partial charge >= 0.3 is 0 Å². The van der Waals surface area contributed by atoms with Crippen LogP contribution in [-0.4, -0.2) is 33.8 Å². The molecule has 0 spiro atoms. The Bertz CT molecular complexity index is 516. The highest BCUT2D eigenvalue weighted by Crippen LogP contribution is 2.20. The number of aromatic nitrogens is 3. The fourth-order valence-electron chi connectivity index (χ4n) is 2.19. The number of ether oxygens (including phenoxy) is 1. The second-order valence-electron chi connectivity index (χ2n) is 4.43. The van der Waals surface area contributed by atoms with Crippen LogP contribution >= 0.6 is 0 Å². The summed E-state index contributed by atoms with van der Waals surface area (Å²) in [4.78, 5) is 4.30. The van der Waals surface area contributed by atoms with Gasteiger partial charge in [-0.25, -0.2) is 9.50 Å². The fourth-order valence-corrected chi connectivity index (χ4v) is 2.19. The van der Waals surface area contributed by atoms with Gasteiger partial charge in [-0.2, -0.15) is 5.10 Å². The normalized spacial score (nSPS) is 20.6. The van der Waals surface area contributed by atoms with E-state index >= 15 is 0 Å². The van der Waals surface area contributed by atoms with Gasteiger partial charge in [0.05, 0.1) is 5.69 Å². The Hall–Kier alpha value is -1.62. The van der Waals surface area contributed by atoms with E-state index in [4.69, 9.17) is 4.74 Å². The predicted octanol–water partition coefficient (Wildman–Crippen LogP) is 1.17. The van der Waals surface area contributed by atoms with E-state index in [0.29, 0.717) is 5.88 Å². The topological polar surface area (TPSA) is 51.5 Å². The third-order valence-corrected chi connectivity index (χ3v) is 3.01. The smallest absolute Gasteiger partial charge is 0.240 e. The van der Waals surface area contributed by atoms with Crippen molar-refractivity contribution in [3.05, 3.63) is 24.2 Å². The highest BCUT2D eigenvalue weighted by atomic mass is 16.5. The summed E-state index contributed by atoms with van der Waals surface area (Å²) in [5, 5.41) is 7.68. The van der Waals surface area contributed by atoms with Crippen molar-refractivity contribution < 1.29 is 4.74 Å². The lowest BCUT2D eigenvalue weighted by atomic mass is 10.1. The summed E-state index contributed by atoms with van der Waals surface area (Å²) < 4.78 is 7.76. The van der Waals surface area contributed by atoms with Crippen molar-refractivity contribution >= 4 is 5.52 Å². The second kappa shape index (κ2) is 4.33. The number of piperidine rings is 1. The predicted molar refractivity (Wildman–Crippen MR) is 64.2 cm³/mol. The maximum absolute atomic E-state index is 5.95. The molecule has 1 saturated heterocycles. The minimum atomic E-state index is 0.220. The third kappa shape index (κ3) is 2.10. The molecule has 3 heterocycles. The largest absolute Gasteiger partial charge is 0.471 e. The number of nitrogens with one attached hydrogen (secondary N) is 1. The van der Waals surface area contributed by atoms with Crippen molar-refractivity contribution in [3.63, 3.8) is 0 Å². The van der Waals surface area contributed by atoms with Crippen LogP contribution in [0, 0.1) is 6.92 Å². The lowest BCUT2D eigenvalue weighted by molar-refractivity contribution is 0.162. The van der Waals surface area contributed by atoms with Gasteiger partial charge < -0.3 is 10.1 Å². The average Bonchev–Trinajstić information content (AvgIpc) is 2.72. The molecule has 5 heteroatoms. The van der Waals surface area contributed by atoms with Crippen LogP contribution in [0.15, 0.2) is 18.5 Å². The molecule has 0 aromatic carbocycles. The average molecular weight is 232 g/mol. The van der Waals surface area contributed by atoms with Crippen molar-refractivity contribution in [2.24, 2.45) is 0 Å². The molecule has 1 atom stereocenters. The van der Waals surface area contributed by atoms with Crippen molar-refractivity contribution in [1.29, 1.82) is 0 Å². The zero-order valence-corrected chi connectivity index (χ0v) is 9.89. The van der Waals surface area contributed by atoms with Crippen LogP contribution in [0.3, 0.4) is 0 Å². The van der Waals surface area contributed by atoms with Gasteiger partial charge in [0.2, 0.25) is 5.88 Å². The van der Waals surface area contributed by atoms with Gasteiger partial charge in [0, 0.05) is 18.9 Å². The van der Waals surface area contributed by atoms with Gasteiger partial charge in [-0.3, -0.25) is 0 Å². The summed E-state index contributed by atoms with van der Waals surface area (Å²) in [6.07, 6.45) is 6.03. The maximum Gasteiger partial charge on any atom is 0.240 e. The molecule has 0 aliphatic carbocycles. The molecule has 0 saturated carbocycles. The highest BCUT2D eigenvalue weighted by Gasteiger charge is 2.16. The Morgan fingerprint density at radius 1 is 1.53 bits per heavy atom. The molecule has 2 aromatic rings. The molecular formula is C12H16N4O. The Morgan fingerprint density at radius 2 is 2.47 bits per heavy atom. The standard InChI is InChI=1S/C12H16N4O/c1-9-7-11-12(14-5-6-16(11)15-9)17-10-3-2-4-13-8-10/h5-7,10,13H,2-4,8H2,1H3/t10-/m0/s1. The zero-order chi connectivity index (χ0) is 11.7. The Morgan fingerprint density at radius 3 is 3.29 bits per heavy atom. The first-order valence-corrected chi connectivity index (χ1v) is 6.01. The van der Waals surface area contributed by atoms with Crippen LogP contribution in [0.2, 0.25) is 0 Å². The molecule has 1 aliphatic heterocycles. The minimum Gasteiger partial charge on any atom is -0.471 e. The van der Waals surface area contributed by atoms with Gasteiger partial charge in [-0.05, 0) is 32.4 Å². The zero-order valence-electron chi connectivity index (χ0n) is 9.89. The molecule has 0 radical (unpaired) electrons. The molecule has 90 valence electrons. The number of fused-ring (bicyclic) bond motifs is 1. The van der Waals surface area contributed by atoms with E-state index in [9.17, 15) is 0 Å². The summed E-state index contributed by atoms with van der Waals surface area (Å²) in [6.45, 7) is 3.96. The number of rotatable bonds is 2. The first-order chi connectivity index (χ1) is 8.33. The molecule has 1 N–H and O–H groups in total. The summed E-state index contributed by atoms with van der Waals surface area (Å²) >= 11 is 0. The molecule has 1 aliphatic rings. The van der Waals surface area contributed by atoms with Gasteiger partial charge in [-0.15, -0.1) is 0 Å². The van der Waals surface area contributed by atoms with Crippen LogP contribution in [-0.2, 0) is 0 Å². The third-order valence-electron chi connectivity index (χ3n) is 3.01. The Balaban J connectivity index is 1.88. The van der Waals surface area contributed by atoms with Crippen molar-refractivity contribution in [1.82, 2.24) is 19.9 Å². The van der Waals surface area contributed by atoms with Gasteiger partial charge in [-0.1, -0.05) is 0 Å². The number of aryl methyl sites for hydroxylation is 1. The lowest BCUT2D eigenvalue weighted by Gasteiger charge is -2.23. The summed E-state index contributed by atoms with van der Waals surface area (Å²) in [6, 6.07) is 2.00. The summed E-state index contributed by atoms with van der Waals surface area (Å²) in [7, 11) is 0. The van der Waals surface area contributed by atoms with Crippen LogP contribution in [0.1, 0.15) is 18.5 Å². The number of hydrogen-bond acceptors (Lipinski definition) is 4. The monoisotopic (exact) mass is 232 g/mol. The van der Waals surface area contributed by atoms with Crippen LogP contribution in [0.25, 0.3) is 5.52 Å². The van der Waals surface area contributed by atoms with E-state index in [1.165, 1.54) is 0 Å². The first kappa shape index (κ1) is 10.5. The molecule has 5 nitrogen and oxygen atoms in total. The van der Waals surface area contributed by atoms with E-state index in [1.807, 2.05) is 23.7 Å². The molecule has 0 unspecified atom stereocenters. The molecular weight excluding hydrogens is 216 g/mol. The molecule has 1 fully saturated rings. The maximum atomic E-state index is 5.95. The van der Waals surface area contributed by atoms with Crippen molar-refractivity contribution in [2.75, 3.05) is 13.1 Å². The molecule has 17 heavy (non-hydrogen) atoms. The first-order valence-electron chi connectivity index (χ1n) is 6.01. The molecule has 3 rings (SSSR count). The lowest BCUT2D eigenvalue weighted by Crippen LogP contribution is -2.37. The van der Waals surface area contributed by atoms with E-state index in [-0.39, 0.29) is 6.10 Å². The van der Waals surface area contributed by atoms with E-state index in [1.54, 1.807) is 6.20 Å². The van der Waals surface area contributed by atoms with E-state index in [2.05, 4.69) is 15.4 Å². The van der Waals surface area contributed by atoms with Crippen LogP contribution in [0.4, 0.5) is 0 Å². The molecule has 0 bridgehead atoms. The minimum absolute atomic E-state index is 0.220. The van der Waals surface area contributed by atoms with Crippen molar-refractivity contribution in [2.45, 2.75) is 25.9 Å². The van der Waals surface area contributed by atoms with E-state index in [0.717, 1.165) is 37.1 Å². The molecule has 2 aromatic heterocycles. The summed E-state index contributed by atoms with van der Waals surface area (Å²) in [5.41, 5.74) is 1.92. The fraction of sp³-hybridized carbons (Fsp3) is 0.500. The van der Waals surface area contributed by atoms with E-state index < -0.39 is 0 Å². The van der Waals surface area contributed by atoms with Gasteiger partial charge in [0.25, 0.3) is 0 Å². The number of nitrogens with zero attached hydrogens (tertiary/aromatic N) is 3.